The first kappa shape index (κ1) is 14.2. The Morgan fingerprint density at radius 3 is 2.75 bits per heavy atom. The Hall–Kier alpha value is 0.1000. The Bertz CT molecular complexity index is 301. The molecule has 1 aromatic rings. The Labute approximate surface area is 111 Å². The van der Waals surface area contributed by atoms with Crippen molar-refractivity contribution < 1.29 is 0 Å². The van der Waals surface area contributed by atoms with Crippen LogP contribution in [0.25, 0.3) is 0 Å². The van der Waals surface area contributed by atoms with Crippen LogP contribution in [0.1, 0.15) is 25.1 Å². The molecule has 0 aliphatic heterocycles. The summed E-state index contributed by atoms with van der Waals surface area (Å²) in [4.78, 5) is 3.85. The van der Waals surface area contributed by atoms with Crippen molar-refractivity contribution in [2.24, 2.45) is 0 Å². The fourth-order valence-corrected chi connectivity index (χ4v) is 3.25. The van der Waals surface area contributed by atoms with E-state index in [1.54, 1.807) is 0 Å². The van der Waals surface area contributed by atoms with Crippen LogP contribution in [0.2, 0.25) is 0 Å². The first-order chi connectivity index (χ1) is 7.67. The van der Waals surface area contributed by atoms with Crippen molar-refractivity contribution in [3.8, 4) is 0 Å². The smallest absolute Gasteiger partial charge is 0.0328 e. The lowest BCUT2D eigenvalue weighted by Crippen LogP contribution is -2.39. The van der Waals surface area contributed by atoms with Crippen molar-refractivity contribution in [1.82, 2.24) is 10.2 Å². The summed E-state index contributed by atoms with van der Waals surface area (Å²) in [6.07, 6.45) is 1.19. The van der Waals surface area contributed by atoms with Gasteiger partial charge in [-0.1, -0.05) is 13.8 Å². The van der Waals surface area contributed by atoms with Gasteiger partial charge in [-0.2, -0.15) is 0 Å². The van der Waals surface area contributed by atoms with Crippen LogP contribution in [0.3, 0.4) is 0 Å². The maximum absolute atomic E-state index is 3.50. The van der Waals surface area contributed by atoms with Crippen molar-refractivity contribution in [3.63, 3.8) is 0 Å². The lowest BCUT2D eigenvalue weighted by molar-refractivity contribution is 0.224. The van der Waals surface area contributed by atoms with E-state index in [4.69, 9.17) is 0 Å². The maximum atomic E-state index is 3.50. The van der Waals surface area contributed by atoms with Gasteiger partial charge in [-0.3, -0.25) is 4.90 Å². The normalized spacial score (nSPS) is 13.3. The summed E-state index contributed by atoms with van der Waals surface area (Å²) in [6, 6.07) is 2.84. The summed E-state index contributed by atoms with van der Waals surface area (Å²) < 4.78 is 1.20. The fourth-order valence-electron chi connectivity index (χ4n) is 1.73. The van der Waals surface area contributed by atoms with Crippen LogP contribution in [0, 0.1) is 0 Å². The van der Waals surface area contributed by atoms with Gasteiger partial charge in [0.15, 0.2) is 0 Å². The number of nitrogens with zero attached hydrogens (tertiary/aromatic N) is 1. The van der Waals surface area contributed by atoms with Crippen molar-refractivity contribution in [3.05, 3.63) is 20.8 Å². The zero-order valence-corrected chi connectivity index (χ0v) is 12.7. The van der Waals surface area contributed by atoms with E-state index in [0.717, 1.165) is 19.6 Å². The van der Waals surface area contributed by atoms with Crippen LogP contribution >= 0.6 is 27.3 Å². The second-order valence-corrected chi connectivity index (χ2v) is 5.93. The summed E-state index contributed by atoms with van der Waals surface area (Å²) in [7, 11) is 2.21. The molecule has 0 aliphatic rings. The quantitative estimate of drug-likeness (QED) is 0.831. The summed E-state index contributed by atoms with van der Waals surface area (Å²) in [5.41, 5.74) is 0. The molecule has 1 aromatic heterocycles. The lowest BCUT2D eigenvalue weighted by Gasteiger charge is -2.26. The summed E-state index contributed by atoms with van der Waals surface area (Å²) in [6.45, 7) is 7.58. The molecule has 92 valence electrons. The van der Waals surface area contributed by atoms with Gasteiger partial charge in [-0.25, -0.2) is 0 Å². The zero-order chi connectivity index (χ0) is 12.0. The van der Waals surface area contributed by atoms with E-state index in [9.17, 15) is 0 Å². The minimum Gasteiger partial charge on any atom is -0.315 e. The third kappa shape index (κ3) is 4.53. The molecule has 0 fully saturated rings. The number of nitrogens with one attached hydrogen (secondary N) is 1. The highest BCUT2D eigenvalue weighted by Gasteiger charge is 2.12. The van der Waals surface area contributed by atoms with Crippen LogP contribution in [0.5, 0.6) is 0 Å². The van der Waals surface area contributed by atoms with Gasteiger partial charge in [-0.15, -0.1) is 11.3 Å². The summed E-state index contributed by atoms with van der Waals surface area (Å²) in [5, 5.41) is 5.57. The molecule has 0 aromatic carbocycles. The first-order valence-corrected chi connectivity index (χ1v) is 7.48. The predicted octanol–water partition coefficient (Wildman–Crippen LogP) is 3.33. The first-order valence-electron chi connectivity index (χ1n) is 5.81. The second-order valence-electron chi connectivity index (χ2n) is 4.02. The third-order valence-corrected chi connectivity index (χ3v) is 4.43. The topological polar surface area (TPSA) is 15.3 Å². The van der Waals surface area contributed by atoms with Gasteiger partial charge < -0.3 is 5.32 Å². The molecule has 0 saturated heterocycles. The van der Waals surface area contributed by atoms with Gasteiger partial charge in [-0.05, 0) is 42.0 Å². The van der Waals surface area contributed by atoms with Crippen LogP contribution in [0.4, 0.5) is 0 Å². The Morgan fingerprint density at radius 1 is 1.50 bits per heavy atom. The van der Waals surface area contributed by atoms with E-state index in [1.807, 2.05) is 11.3 Å². The molecule has 0 radical (unpaired) electrons. The molecule has 1 unspecified atom stereocenters. The second kappa shape index (κ2) is 7.43. The van der Waals surface area contributed by atoms with Crippen LogP contribution in [-0.2, 0) is 6.54 Å². The van der Waals surface area contributed by atoms with Gasteiger partial charge in [0.1, 0.15) is 0 Å². The molecule has 1 atom stereocenters. The van der Waals surface area contributed by atoms with Crippen molar-refractivity contribution >= 4 is 27.3 Å². The molecule has 0 aliphatic carbocycles. The largest absolute Gasteiger partial charge is 0.315 e. The van der Waals surface area contributed by atoms with Crippen molar-refractivity contribution in [1.29, 1.82) is 0 Å². The molecule has 16 heavy (non-hydrogen) atoms. The average Bonchev–Trinajstić information content (AvgIpc) is 2.65. The Balaban J connectivity index is 2.45. The van der Waals surface area contributed by atoms with E-state index < -0.39 is 0 Å². The van der Waals surface area contributed by atoms with E-state index in [-0.39, 0.29) is 0 Å². The Morgan fingerprint density at radius 2 is 2.25 bits per heavy atom. The molecule has 4 heteroatoms. The Kier molecular flexibility index (Phi) is 6.58. The average molecular weight is 305 g/mol. The number of thiophene rings is 1. The number of halogens is 1. The third-order valence-electron chi connectivity index (χ3n) is 2.75. The SMILES string of the molecule is CCNCC(CC)N(C)Cc1cc(Br)cs1. The van der Waals surface area contributed by atoms with Crippen molar-refractivity contribution in [2.45, 2.75) is 32.9 Å². The molecule has 1 rings (SSSR count). The van der Waals surface area contributed by atoms with E-state index in [1.165, 1.54) is 15.8 Å². The lowest BCUT2D eigenvalue weighted by atomic mass is 10.2. The monoisotopic (exact) mass is 304 g/mol. The maximum Gasteiger partial charge on any atom is 0.0328 e. The molecular formula is C12H21BrN2S. The molecule has 2 nitrogen and oxygen atoms in total. The van der Waals surface area contributed by atoms with Gasteiger partial charge in [0.2, 0.25) is 0 Å². The number of rotatable bonds is 7. The fraction of sp³-hybridized carbons (Fsp3) is 0.667. The highest BCUT2D eigenvalue weighted by molar-refractivity contribution is 9.10. The predicted molar refractivity (Wildman–Crippen MR) is 76.1 cm³/mol. The molecule has 0 bridgehead atoms. The molecule has 0 saturated carbocycles. The number of hydrogen-bond acceptors (Lipinski definition) is 3. The molecule has 0 amide bonds. The summed E-state index contributed by atoms with van der Waals surface area (Å²) >= 11 is 5.32. The van der Waals surface area contributed by atoms with Crippen LogP contribution < -0.4 is 5.32 Å². The van der Waals surface area contributed by atoms with Gasteiger partial charge in [0.25, 0.3) is 0 Å². The van der Waals surface area contributed by atoms with Gasteiger partial charge in [0, 0.05) is 33.9 Å². The van der Waals surface area contributed by atoms with Gasteiger partial charge in [0.05, 0.1) is 0 Å². The highest BCUT2D eigenvalue weighted by atomic mass is 79.9. The minimum absolute atomic E-state index is 0.626. The van der Waals surface area contributed by atoms with E-state index in [0.29, 0.717) is 6.04 Å². The molecule has 1 heterocycles. The summed E-state index contributed by atoms with van der Waals surface area (Å²) in [5.74, 6) is 0. The molecule has 1 N–H and O–H groups in total. The highest BCUT2D eigenvalue weighted by Crippen LogP contribution is 2.21. The van der Waals surface area contributed by atoms with Crippen LogP contribution in [0.15, 0.2) is 15.9 Å². The number of hydrogen-bond donors (Lipinski definition) is 1. The minimum atomic E-state index is 0.626. The van der Waals surface area contributed by atoms with Crippen LogP contribution in [-0.4, -0.2) is 31.1 Å². The zero-order valence-electron chi connectivity index (χ0n) is 10.3. The van der Waals surface area contributed by atoms with Crippen molar-refractivity contribution in [2.75, 3.05) is 20.1 Å². The standard InChI is InChI=1S/C12H21BrN2S/c1-4-11(7-14-5-2)15(3)8-12-6-10(13)9-16-12/h6,9,11,14H,4-5,7-8H2,1-3H3. The van der Waals surface area contributed by atoms with E-state index >= 15 is 0 Å². The molecule has 0 spiro atoms. The van der Waals surface area contributed by atoms with Gasteiger partial charge >= 0.3 is 0 Å². The van der Waals surface area contributed by atoms with E-state index in [2.05, 4.69) is 58.5 Å². The number of likely N-dealkylation sites (N-methyl/N-ethyl adjacent to an activating group) is 2. The molecular weight excluding hydrogens is 284 g/mol.